The summed E-state index contributed by atoms with van der Waals surface area (Å²) in [5.41, 5.74) is 2.48. The van der Waals surface area contributed by atoms with Crippen molar-refractivity contribution in [1.29, 1.82) is 0 Å². The smallest absolute Gasteiger partial charge is 0.416 e. The summed E-state index contributed by atoms with van der Waals surface area (Å²) < 4.78 is 59.8. The fourth-order valence-corrected chi connectivity index (χ4v) is 5.08. The maximum absolute atomic E-state index is 12.9. The molecular formula is C25H25F3N2O2S. The Balaban J connectivity index is 1.33. The lowest BCUT2D eigenvalue weighted by atomic mass is 10.0. The Bertz CT molecular complexity index is 1080. The van der Waals surface area contributed by atoms with Crippen LogP contribution in [0, 0.1) is 0 Å². The van der Waals surface area contributed by atoms with E-state index in [0.29, 0.717) is 6.54 Å². The minimum atomic E-state index is -4.45. The van der Waals surface area contributed by atoms with Gasteiger partial charge in [0.1, 0.15) is 5.75 Å². The molecule has 174 valence electrons. The van der Waals surface area contributed by atoms with E-state index in [2.05, 4.69) is 33.9 Å². The number of alkyl halides is 3. The van der Waals surface area contributed by atoms with Crippen LogP contribution in [0.5, 0.6) is 5.75 Å². The van der Waals surface area contributed by atoms with Gasteiger partial charge in [-0.15, -0.1) is 4.72 Å². The molecule has 4 rings (SSSR count). The van der Waals surface area contributed by atoms with E-state index in [1.165, 1.54) is 12.1 Å². The van der Waals surface area contributed by atoms with Crippen LogP contribution in [0.4, 0.5) is 13.2 Å². The maximum atomic E-state index is 12.9. The van der Waals surface area contributed by atoms with Gasteiger partial charge in [-0.05, 0) is 35.7 Å². The lowest BCUT2D eigenvalue weighted by Gasteiger charge is -2.18. The lowest BCUT2D eigenvalue weighted by molar-refractivity contribution is -0.137. The van der Waals surface area contributed by atoms with Crippen molar-refractivity contribution in [3.8, 4) is 16.9 Å². The molecule has 0 saturated carbocycles. The quantitative estimate of drug-likeness (QED) is 0.474. The summed E-state index contributed by atoms with van der Waals surface area (Å²) in [6.45, 7) is 2.26. The second-order valence-corrected chi connectivity index (χ2v) is 9.27. The molecule has 1 fully saturated rings. The van der Waals surface area contributed by atoms with Gasteiger partial charge >= 0.3 is 6.18 Å². The van der Waals surface area contributed by atoms with Crippen molar-refractivity contribution in [2.45, 2.75) is 30.1 Å². The van der Waals surface area contributed by atoms with E-state index >= 15 is 0 Å². The number of likely N-dealkylation sites (tertiary alicyclic amines) is 1. The van der Waals surface area contributed by atoms with E-state index < -0.39 is 23.1 Å². The molecular weight excluding hydrogens is 449 g/mol. The summed E-state index contributed by atoms with van der Waals surface area (Å²) in [5, 5.41) is 0. The molecule has 1 N–H and O–H groups in total. The molecule has 1 saturated heterocycles. The van der Waals surface area contributed by atoms with Crippen LogP contribution in [0.25, 0.3) is 11.1 Å². The Morgan fingerprint density at radius 1 is 1.06 bits per heavy atom. The third-order valence-corrected chi connectivity index (χ3v) is 6.93. The second-order valence-electron chi connectivity index (χ2n) is 8.03. The summed E-state index contributed by atoms with van der Waals surface area (Å²) in [7, 11) is 1.66. The van der Waals surface area contributed by atoms with Crippen molar-refractivity contribution in [3.05, 3.63) is 83.9 Å². The van der Waals surface area contributed by atoms with Crippen LogP contribution in [0.2, 0.25) is 0 Å². The molecule has 33 heavy (non-hydrogen) atoms. The zero-order chi connectivity index (χ0) is 23.4. The van der Waals surface area contributed by atoms with Crippen molar-refractivity contribution in [1.82, 2.24) is 9.62 Å². The van der Waals surface area contributed by atoms with Crippen LogP contribution in [-0.2, 0) is 24.1 Å². The monoisotopic (exact) mass is 474 g/mol. The number of hydrogen-bond donors (Lipinski definition) is 1. The second kappa shape index (κ2) is 10.2. The molecule has 0 spiro atoms. The Morgan fingerprint density at radius 2 is 1.82 bits per heavy atom. The highest BCUT2D eigenvalue weighted by Gasteiger charge is 2.33. The highest BCUT2D eigenvalue weighted by Crippen LogP contribution is 2.31. The normalized spacial score (nSPS) is 17.8. The summed E-state index contributed by atoms with van der Waals surface area (Å²) >= 11 is -1.70. The van der Waals surface area contributed by atoms with E-state index in [0.717, 1.165) is 54.1 Å². The van der Waals surface area contributed by atoms with Gasteiger partial charge in [0.2, 0.25) is 0 Å². The third kappa shape index (κ3) is 5.89. The number of methoxy groups -OCH3 is 1. The zero-order valence-corrected chi connectivity index (χ0v) is 19.0. The van der Waals surface area contributed by atoms with Gasteiger partial charge in [0.25, 0.3) is 0 Å². The van der Waals surface area contributed by atoms with Gasteiger partial charge < -0.3 is 9.29 Å². The number of ether oxygens (including phenoxy) is 1. The van der Waals surface area contributed by atoms with Gasteiger partial charge in [0, 0.05) is 31.3 Å². The standard InChI is InChI=1S/C25H25F3N2O2S/c1-32-24-8-3-2-7-23(24)19-11-9-18(10-12-19)16-30-14-13-21(17-30)29-33(31)22-6-4-5-20(15-22)25(26,27)28/h2-12,15,21,29H,13-14,16-17H2,1H3/t21-,33+/m1/s1. The maximum Gasteiger partial charge on any atom is 0.416 e. The Kier molecular flexibility index (Phi) is 7.29. The number of hydrogen-bond acceptors (Lipinski definition) is 4. The van der Waals surface area contributed by atoms with Crippen LogP contribution in [0.1, 0.15) is 17.5 Å². The molecule has 0 radical (unpaired) electrons. The van der Waals surface area contributed by atoms with Gasteiger partial charge in [0.15, 0.2) is 4.90 Å². The molecule has 1 aliphatic rings. The minimum Gasteiger partial charge on any atom is -0.593 e. The molecule has 1 aliphatic heterocycles. The predicted molar refractivity (Wildman–Crippen MR) is 123 cm³/mol. The van der Waals surface area contributed by atoms with Gasteiger partial charge in [-0.1, -0.05) is 48.5 Å². The van der Waals surface area contributed by atoms with E-state index in [4.69, 9.17) is 4.74 Å². The first-order valence-corrected chi connectivity index (χ1v) is 11.8. The van der Waals surface area contributed by atoms with E-state index in [9.17, 15) is 17.7 Å². The van der Waals surface area contributed by atoms with Crippen LogP contribution in [0.3, 0.4) is 0 Å². The molecule has 1 heterocycles. The van der Waals surface area contributed by atoms with Crippen molar-refractivity contribution >= 4 is 11.4 Å². The van der Waals surface area contributed by atoms with Gasteiger partial charge in [-0.25, -0.2) is 0 Å². The number of halogens is 3. The zero-order valence-electron chi connectivity index (χ0n) is 18.1. The first-order chi connectivity index (χ1) is 15.8. The summed E-state index contributed by atoms with van der Waals surface area (Å²) in [6.07, 6.45) is -3.67. The molecule has 3 aromatic rings. The molecule has 0 unspecified atom stereocenters. The fraction of sp³-hybridized carbons (Fsp3) is 0.280. The highest BCUT2D eigenvalue weighted by atomic mass is 32.2. The molecule has 0 aromatic heterocycles. The van der Waals surface area contributed by atoms with Crippen molar-refractivity contribution < 1.29 is 22.5 Å². The molecule has 2 atom stereocenters. The topological polar surface area (TPSA) is 47.6 Å². The van der Waals surface area contributed by atoms with E-state index in [-0.39, 0.29) is 10.9 Å². The van der Waals surface area contributed by atoms with Crippen molar-refractivity contribution in [2.24, 2.45) is 0 Å². The van der Waals surface area contributed by atoms with Crippen LogP contribution in [-0.4, -0.2) is 35.7 Å². The summed E-state index contributed by atoms with van der Waals surface area (Å²) in [5.74, 6) is 0.826. The third-order valence-electron chi connectivity index (χ3n) is 5.70. The van der Waals surface area contributed by atoms with Crippen LogP contribution >= 0.6 is 0 Å². The summed E-state index contributed by atoms with van der Waals surface area (Å²) in [4.78, 5) is 2.38. The number of nitrogens with one attached hydrogen (secondary N) is 1. The van der Waals surface area contributed by atoms with Crippen molar-refractivity contribution in [2.75, 3.05) is 20.2 Å². The SMILES string of the molecule is COc1ccccc1-c1ccc(CN2CC[C@@H](N[S@@+]([O-])c3cccc(C(F)(F)F)c3)C2)cc1. The van der Waals surface area contributed by atoms with Gasteiger partial charge in [-0.2, -0.15) is 13.2 Å². The first kappa shape index (κ1) is 23.6. The molecule has 3 aromatic carbocycles. The fourth-order valence-electron chi connectivity index (χ4n) is 4.01. The molecule has 8 heteroatoms. The Morgan fingerprint density at radius 3 is 2.55 bits per heavy atom. The summed E-state index contributed by atoms with van der Waals surface area (Å²) in [6, 6.07) is 20.8. The average Bonchev–Trinajstić information content (AvgIpc) is 3.25. The van der Waals surface area contributed by atoms with Crippen LogP contribution in [0.15, 0.2) is 77.7 Å². The lowest BCUT2D eigenvalue weighted by Crippen LogP contribution is -2.37. The number of rotatable bonds is 7. The Hall–Kier alpha value is -2.52. The molecule has 4 nitrogen and oxygen atoms in total. The average molecular weight is 475 g/mol. The van der Waals surface area contributed by atoms with Gasteiger partial charge in [-0.3, -0.25) is 4.90 Å². The highest BCUT2D eigenvalue weighted by molar-refractivity contribution is 7.89. The predicted octanol–water partition coefficient (Wildman–Crippen LogP) is 5.27. The molecule has 0 aliphatic carbocycles. The number of para-hydroxylation sites is 1. The van der Waals surface area contributed by atoms with E-state index in [1.807, 2.05) is 24.3 Å². The van der Waals surface area contributed by atoms with E-state index in [1.54, 1.807) is 7.11 Å². The Labute approximate surface area is 194 Å². The molecule has 0 amide bonds. The minimum absolute atomic E-state index is 0.0479. The van der Waals surface area contributed by atoms with Crippen LogP contribution < -0.4 is 9.46 Å². The number of benzene rings is 3. The first-order valence-electron chi connectivity index (χ1n) is 10.6. The molecule has 0 bridgehead atoms. The van der Waals surface area contributed by atoms with Crippen molar-refractivity contribution in [3.63, 3.8) is 0 Å². The number of nitrogens with zero attached hydrogens (tertiary/aromatic N) is 1. The largest absolute Gasteiger partial charge is 0.593 e. The van der Waals surface area contributed by atoms with Gasteiger partial charge in [0.05, 0.1) is 30.1 Å².